The summed E-state index contributed by atoms with van der Waals surface area (Å²) in [5.74, 6) is 0.637. The van der Waals surface area contributed by atoms with E-state index in [1.54, 1.807) is 28.6 Å². The largest absolute Gasteiger partial charge is 0.325 e. The molecule has 2 aliphatic rings. The fourth-order valence-corrected chi connectivity index (χ4v) is 5.18. The number of nitrogens with one attached hydrogen (secondary N) is 1. The van der Waals surface area contributed by atoms with Crippen LogP contribution >= 0.6 is 0 Å². The number of anilines is 1. The van der Waals surface area contributed by atoms with Crippen molar-refractivity contribution in [2.75, 3.05) is 38.0 Å². The quantitative estimate of drug-likeness (QED) is 0.853. The summed E-state index contributed by atoms with van der Waals surface area (Å²) in [4.78, 5) is 14.7. The van der Waals surface area contributed by atoms with Gasteiger partial charge in [-0.05, 0) is 62.9 Å². The van der Waals surface area contributed by atoms with E-state index in [2.05, 4.69) is 17.1 Å². The minimum absolute atomic E-state index is 0.0907. The van der Waals surface area contributed by atoms with E-state index >= 15 is 0 Å². The Balaban J connectivity index is 1.62. The van der Waals surface area contributed by atoms with Gasteiger partial charge in [0.05, 0.1) is 11.4 Å². The topological polar surface area (TPSA) is 69.7 Å². The summed E-state index contributed by atoms with van der Waals surface area (Å²) >= 11 is 0. The highest BCUT2D eigenvalue weighted by Crippen LogP contribution is 2.23. The molecule has 0 aliphatic carbocycles. The lowest BCUT2D eigenvalue weighted by Crippen LogP contribution is -2.38. The summed E-state index contributed by atoms with van der Waals surface area (Å²) in [5, 5.41) is 2.85. The van der Waals surface area contributed by atoms with E-state index in [1.807, 2.05) is 0 Å². The van der Waals surface area contributed by atoms with Gasteiger partial charge in [-0.1, -0.05) is 19.4 Å². The molecule has 0 radical (unpaired) electrons. The highest BCUT2D eigenvalue weighted by molar-refractivity contribution is 7.89. The molecule has 144 valence electrons. The summed E-state index contributed by atoms with van der Waals surface area (Å²) in [6.07, 6.45) is 5.14. The Labute approximate surface area is 156 Å². The van der Waals surface area contributed by atoms with E-state index in [0.29, 0.717) is 25.3 Å². The SMILES string of the molecule is CC1CCN(CC(=O)Nc2cccc(S(=O)(=O)N3CCCCC3)c2)CC1. The molecular weight excluding hydrogens is 350 g/mol. The van der Waals surface area contributed by atoms with Gasteiger partial charge in [-0.3, -0.25) is 9.69 Å². The van der Waals surface area contributed by atoms with Crippen molar-refractivity contribution in [3.8, 4) is 0 Å². The standard InChI is InChI=1S/C19H29N3O3S/c1-16-8-12-21(13-9-16)15-19(23)20-17-6-5-7-18(14-17)26(24,25)22-10-3-2-4-11-22/h5-7,14,16H,2-4,8-13,15H2,1H3,(H,20,23). The van der Waals surface area contributed by atoms with Crippen molar-refractivity contribution in [3.63, 3.8) is 0 Å². The predicted molar refractivity (Wildman–Crippen MR) is 103 cm³/mol. The lowest BCUT2D eigenvalue weighted by atomic mass is 9.99. The van der Waals surface area contributed by atoms with Crippen molar-refractivity contribution in [1.29, 1.82) is 0 Å². The van der Waals surface area contributed by atoms with Crippen molar-refractivity contribution in [2.24, 2.45) is 5.92 Å². The smallest absolute Gasteiger partial charge is 0.243 e. The average molecular weight is 380 g/mol. The van der Waals surface area contributed by atoms with Gasteiger partial charge in [-0.25, -0.2) is 8.42 Å². The van der Waals surface area contributed by atoms with Crippen LogP contribution in [0.15, 0.2) is 29.2 Å². The van der Waals surface area contributed by atoms with Gasteiger partial charge in [0.15, 0.2) is 0 Å². The van der Waals surface area contributed by atoms with Crippen LogP contribution in [0.3, 0.4) is 0 Å². The van der Waals surface area contributed by atoms with Gasteiger partial charge >= 0.3 is 0 Å². The van der Waals surface area contributed by atoms with Crippen LogP contribution in [0.1, 0.15) is 39.0 Å². The summed E-state index contributed by atoms with van der Waals surface area (Å²) in [6, 6.07) is 6.60. The molecule has 2 fully saturated rings. The first-order valence-electron chi connectivity index (χ1n) is 9.57. The normalized spacial score (nSPS) is 20.8. The van der Waals surface area contributed by atoms with E-state index < -0.39 is 10.0 Å². The molecule has 0 unspecified atom stereocenters. The number of rotatable bonds is 5. The summed E-state index contributed by atoms with van der Waals surface area (Å²) in [6.45, 7) is 5.63. The summed E-state index contributed by atoms with van der Waals surface area (Å²) < 4.78 is 27.1. The average Bonchev–Trinajstić information content (AvgIpc) is 2.64. The van der Waals surface area contributed by atoms with Crippen LogP contribution in [0, 0.1) is 5.92 Å². The van der Waals surface area contributed by atoms with Crippen LogP contribution in [-0.4, -0.2) is 56.3 Å². The first kappa shape index (κ1) is 19.3. The third-order valence-corrected chi connectivity index (χ3v) is 7.21. The minimum Gasteiger partial charge on any atom is -0.325 e. The number of hydrogen-bond donors (Lipinski definition) is 1. The second kappa shape index (κ2) is 8.50. The van der Waals surface area contributed by atoms with Gasteiger partial charge in [-0.2, -0.15) is 4.31 Å². The second-order valence-corrected chi connectivity index (χ2v) is 9.44. The molecule has 26 heavy (non-hydrogen) atoms. The molecule has 2 saturated heterocycles. The van der Waals surface area contributed by atoms with Gasteiger partial charge < -0.3 is 5.32 Å². The number of sulfonamides is 1. The van der Waals surface area contributed by atoms with Crippen molar-refractivity contribution < 1.29 is 13.2 Å². The predicted octanol–water partition coefficient (Wildman–Crippen LogP) is 2.53. The van der Waals surface area contributed by atoms with Crippen molar-refractivity contribution in [2.45, 2.75) is 43.9 Å². The maximum atomic E-state index is 12.8. The molecule has 2 aliphatic heterocycles. The lowest BCUT2D eigenvalue weighted by molar-refractivity contribution is -0.117. The molecule has 6 nitrogen and oxygen atoms in total. The molecule has 0 aromatic heterocycles. The Morgan fingerprint density at radius 3 is 2.50 bits per heavy atom. The Bertz CT molecular complexity index is 721. The molecule has 1 aromatic rings. The Morgan fingerprint density at radius 1 is 1.12 bits per heavy atom. The van der Waals surface area contributed by atoms with Crippen LogP contribution in [0.25, 0.3) is 0 Å². The van der Waals surface area contributed by atoms with Gasteiger partial charge in [-0.15, -0.1) is 0 Å². The number of likely N-dealkylation sites (tertiary alicyclic amines) is 1. The second-order valence-electron chi connectivity index (χ2n) is 7.50. The van der Waals surface area contributed by atoms with Crippen molar-refractivity contribution in [1.82, 2.24) is 9.21 Å². The molecule has 7 heteroatoms. The molecule has 0 bridgehead atoms. The molecular formula is C19H29N3O3S. The van der Waals surface area contributed by atoms with Crippen molar-refractivity contribution in [3.05, 3.63) is 24.3 Å². The summed E-state index contributed by atoms with van der Waals surface area (Å²) in [5.41, 5.74) is 0.540. The molecule has 3 rings (SSSR count). The van der Waals surface area contributed by atoms with Gasteiger partial charge in [0.25, 0.3) is 0 Å². The van der Waals surface area contributed by atoms with Crippen LogP contribution in [0.2, 0.25) is 0 Å². The zero-order chi connectivity index (χ0) is 18.6. The van der Waals surface area contributed by atoms with E-state index in [1.165, 1.54) is 0 Å². The van der Waals surface area contributed by atoms with Crippen LogP contribution < -0.4 is 5.32 Å². The third kappa shape index (κ3) is 4.84. The van der Waals surface area contributed by atoms with Crippen LogP contribution in [0.4, 0.5) is 5.69 Å². The van der Waals surface area contributed by atoms with E-state index in [4.69, 9.17) is 0 Å². The number of carbonyl (C=O) groups excluding carboxylic acids is 1. The molecule has 0 atom stereocenters. The van der Waals surface area contributed by atoms with E-state index in [-0.39, 0.29) is 10.8 Å². The molecule has 1 N–H and O–H groups in total. The number of piperidine rings is 2. The molecule has 0 spiro atoms. The molecule has 2 heterocycles. The summed E-state index contributed by atoms with van der Waals surface area (Å²) in [7, 11) is -3.48. The highest BCUT2D eigenvalue weighted by Gasteiger charge is 2.26. The van der Waals surface area contributed by atoms with Crippen molar-refractivity contribution >= 4 is 21.6 Å². The first-order valence-corrected chi connectivity index (χ1v) is 11.0. The number of amides is 1. The molecule has 1 aromatic carbocycles. The van der Waals surface area contributed by atoms with Crippen LogP contribution in [-0.2, 0) is 14.8 Å². The minimum atomic E-state index is -3.48. The Hall–Kier alpha value is -1.44. The number of carbonyl (C=O) groups is 1. The molecule has 0 saturated carbocycles. The maximum absolute atomic E-state index is 12.8. The van der Waals surface area contributed by atoms with E-state index in [0.717, 1.165) is 51.1 Å². The number of hydrogen-bond acceptors (Lipinski definition) is 4. The first-order chi connectivity index (χ1) is 12.4. The lowest BCUT2D eigenvalue weighted by Gasteiger charge is -2.29. The van der Waals surface area contributed by atoms with Gasteiger partial charge in [0, 0.05) is 18.8 Å². The monoisotopic (exact) mass is 379 g/mol. The van der Waals surface area contributed by atoms with Crippen LogP contribution in [0.5, 0.6) is 0 Å². The fourth-order valence-electron chi connectivity index (χ4n) is 3.61. The highest BCUT2D eigenvalue weighted by atomic mass is 32.2. The zero-order valence-electron chi connectivity index (χ0n) is 15.5. The van der Waals surface area contributed by atoms with E-state index in [9.17, 15) is 13.2 Å². The number of nitrogens with zero attached hydrogens (tertiary/aromatic N) is 2. The van der Waals surface area contributed by atoms with Gasteiger partial charge in [0.2, 0.25) is 15.9 Å². The maximum Gasteiger partial charge on any atom is 0.243 e. The zero-order valence-corrected chi connectivity index (χ0v) is 16.3. The number of benzene rings is 1. The van der Waals surface area contributed by atoms with Gasteiger partial charge in [0.1, 0.15) is 0 Å². The molecule has 1 amide bonds. The Kier molecular flexibility index (Phi) is 6.32. The third-order valence-electron chi connectivity index (χ3n) is 5.31. The fraction of sp³-hybridized carbons (Fsp3) is 0.632. The Morgan fingerprint density at radius 2 is 1.81 bits per heavy atom.